The molecular weight excluding hydrogens is 176 g/mol. The van der Waals surface area contributed by atoms with E-state index in [2.05, 4.69) is 11.8 Å². The molecule has 1 saturated heterocycles. The van der Waals surface area contributed by atoms with Gasteiger partial charge in [-0.05, 0) is 31.2 Å². The van der Waals surface area contributed by atoms with E-state index in [0.717, 1.165) is 19.6 Å². The van der Waals surface area contributed by atoms with E-state index < -0.39 is 0 Å². The summed E-state index contributed by atoms with van der Waals surface area (Å²) in [6.45, 7) is 5.67. The van der Waals surface area contributed by atoms with Crippen molar-refractivity contribution in [2.45, 2.75) is 31.7 Å². The second-order valence-corrected chi connectivity index (χ2v) is 4.95. The molecule has 0 spiro atoms. The van der Waals surface area contributed by atoms with Crippen LogP contribution in [0.3, 0.4) is 0 Å². The lowest BCUT2D eigenvalue weighted by Crippen LogP contribution is -2.66. The van der Waals surface area contributed by atoms with Crippen molar-refractivity contribution < 1.29 is 5.11 Å². The minimum absolute atomic E-state index is 0.167. The molecule has 0 aromatic carbocycles. The molecule has 0 aromatic rings. The first-order valence-corrected chi connectivity index (χ1v) is 5.82. The van der Waals surface area contributed by atoms with E-state index in [0.29, 0.717) is 11.8 Å². The molecule has 0 radical (unpaired) electrons. The van der Waals surface area contributed by atoms with E-state index in [1.807, 2.05) is 0 Å². The van der Waals surface area contributed by atoms with Crippen molar-refractivity contribution in [2.75, 3.05) is 26.2 Å². The number of piperidine rings is 1. The van der Waals surface area contributed by atoms with Crippen LogP contribution >= 0.6 is 0 Å². The summed E-state index contributed by atoms with van der Waals surface area (Å²) in [5.41, 5.74) is 6.07. The first-order chi connectivity index (χ1) is 6.70. The van der Waals surface area contributed by atoms with Crippen LogP contribution in [0.4, 0.5) is 0 Å². The van der Waals surface area contributed by atoms with Gasteiger partial charge in [0.1, 0.15) is 0 Å². The summed E-state index contributed by atoms with van der Waals surface area (Å²) in [4.78, 5) is 2.48. The molecule has 3 nitrogen and oxygen atoms in total. The summed E-state index contributed by atoms with van der Waals surface area (Å²) in [7, 11) is 0. The molecule has 3 heteroatoms. The third-order valence-corrected chi connectivity index (χ3v) is 4.30. The SMILES string of the molecule is CCN1CC2CCCC(C1)C2(N)CO. The van der Waals surface area contributed by atoms with E-state index in [9.17, 15) is 5.11 Å². The number of aliphatic hydroxyl groups excluding tert-OH is 1. The first-order valence-electron chi connectivity index (χ1n) is 5.82. The maximum atomic E-state index is 9.47. The molecule has 2 bridgehead atoms. The number of hydrogen-bond acceptors (Lipinski definition) is 3. The number of hydrogen-bond donors (Lipinski definition) is 2. The van der Waals surface area contributed by atoms with Crippen LogP contribution in [0, 0.1) is 11.8 Å². The largest absolute Gasteiger partial charge is 0.394 e. The van der Waals surface area contributed by atoms with Crippen molar-refractivity contribution in [1.29, 1.82) is 0 Å². The maximum absolute atomic E-state index is 9.47. The second kappa shape index (κ2) is 3.80. The van der Waals surface area contributed by atoms with Crippen LogP contribution in [0.15, 0.2) is 0 Å². The summed E-state index contributed by atoms with van der Waals surface area (Å²) in [6, 6.07) is 0. The summed E-state index contributed by atoms with van der Waals surface area (Å²) in [5.74, 6) is 1.03. The fourth-order valence-electron chi connectivity index (χ4n) is 3.22. The lowest BCUT2D eigenvalue weighted by Gasteiger charge is -2.53. The van der Waals surface area contributed by atoms with Gasteiger partial charge in [-0.2, -0.15) is 0 Å². The Labute approximate surface area is 86.3 Å². The van der Waals surface area contributed by atoms with Crippen molar-refractivity contribution in [2.24, 2.45) is 17.6 Å². The minimum atomic E-state index is -0.274. The van der Waals surface area contributed by atoms with Gasteiger partial charge < -0.3 is 15.7 Å². The van der Waals surface area contributed by atoms with Crippen LogP contribution in [0.5, 0.6) is 0 Å². The van der Waals surface area contributed by atoms with Gasteiger partial charge in [-0.25, -0.2) is 0 Å². The highest BCUT2D eigenvalue weighted by molar-refractivity contribution is 5.04. The van der Waals surface area contributed by atoms with Crippen molar-refractivity contribution in [3.8, 4) is 0 Å². The van der Waals surface area contributed by atoms with Crippen LogP contribution in [-0.2, 0) is 0 Å². The highest BCUT2D eigenvalue weighted by Crippen LogP contribution is 2.40. The Kier molecular flexibility index (Phi) is 2.82. The van der Waals surface area contributed by atoms with Crippen LogP contribution in [-0.4, -0.2) is 41.8 Å². The molecule has 1 aliphatic heterocycles. The van der Waals surface area contributed by atoms with E-state index in [-0.39, 0.29) is 12.1 Å². The topological polar surface area (TPSA) is 49.5 Å². The number of nitrogens with zero attached hydrogens (tertiary/aromatic N) is 1. The van der Waals surface area contributed by atoms with Crippen molar-refractivity contribution in [1.82, 2.24) is 4.90 Å². The van der Waals surface area contributed by atoms with E-state index in [4.69, 9.17) is 5.73 Å². The molecule has 3 N–H and O–H groups in total. The summed E-state index contributed by atoms with van der Waals surface area (Å²) < 4.78 is 0. The van der Waals surface area contributed by atoms with Gasteiger partial charge in [0, 0.05) is 18.6 Å². The summed E-state index contributed by atoms with van der Waals surface area (Å²) in [6.07, 6.45) is 3.69. The Hall–Kier alpha value is -0.120. The summed E-state index contributed by atoms with van der Waals surface area (Å²) in [5, 5.41) is 9.47. The standard InChI is InChI=1S/C11H22N2O/c1-2-13-6-9-4-3-5-10(7-13)11(9,12)8-14/h9-10,14H,2-8,12H2,1H3. The van der Waals surface area contributed by atoms with Crippen molar-refractivity contribution in [3.63, 3.8) is 0 Å². The van der Waals surface area contributed by atoms with Crippen LogP contribution in [0.25, 0.3) is 0 Å². The molecule has 14 heavy (non-hydrogen) atoms. The molecule has 1 saturated carbocycles. The predicted octanol–water partition coefficient (Wildman–Crippen LogP) is 0.428. The van der Waals surface area contributed by atoms with Gasteiger partial charge in [-0.1, -0.05) is 13.3 Å². The fraction of sp³-hybridized carbons (Fsp3) is 1.00. The Morgan fingerprint density at radius 2 is 1.93 bits per heavy atom. The Balaban J connectivity index is 2.15. The second-order valence-electron chi connectivity index (χ2n) is 4.95. The van der Waals surface area contributed by atoms with E-state index in [1.165, 1.54) is 19.3 Å². The van der Waals surface area contributed by atoms with Gasteiger partial charge in [0.05, 0.1) is 6.61 Å². The zero-order valence-electron chi connectivity index (χ0n) is 9.08. The van der Waals surface area contributed by atoms with Crippen molar-refractivity contribution in [3.05, 3.63) is 0 Å². The van der Waals surface area contributed by atoms with Gasteiger partial charge in [0.2, 0.25) is 0 Å². The third-order valence-electron chi connectivity index (χ3n) is 4.30. The highest BCUT2D eigenvalue weighted by Gasteiger charge is 2.48. The van der Waals surface area contributed by atoms with Gasteiger partial charge in [0.25, 0.3) is 0 Å². The first kappa shape index (κ1) is 10.4. The molecule has 0 amide bonds. The van der Waals surface area contributed by atoms with E-state index in [1.54, 1.807) is 0 Å². The normalized spacial score (nSPS) is 43.9. The van der Waals surface area contributed by atoms with Gasteiger partial charge in [0.15, 0.2) is 0 Å². The molecule has 1 heterocycles. The van der Waals surface area contributed by atoms with Gasteiger partial charge in [-0.15, -0.1) is 0 Å². The smallest absolute Gasteiger partial charge is 0.0617 e. The highest BCUT2D eigenvalue weighted by atomic mass is 16.3. The monoisotopic (exact) mass is 198 g/mol. The number of rotatable bonds is 2. The molecular formula is C11H22N2O. The molecule has 2 fully saturated rings. The molecule has 82 valence electrons. The average Bonchev–Trinajstić information content (AvgIpc) is 2.17. The zero-order chi connectivity index (χ0) is 10.2. The molecule has 2 atom stereocenters. The Morgan fingerprint density at radius 1 is 1.36 bits per heavy atom. The average molecular weight is 198 g/mol. The Morgan fingerprint density at radius 3 is 2.36 bits per heavy atom. The third kappa shape index (κ3) is 1.47. The summed E-state index contributed by atoms with van der Waals surface area (Å²) >= 11 is 0. The number of aliphatic hydroxyl groups is 1. The number of nitrogens with two attached hydrogens (primary N) is 1. The zero-order valence-corrected chi connectivity index (χ0v) is 9.08. The quantitative estimate of drug-likeness (QED) is 0.676. The van der Waals surface area contributed by atoms with Crippen LogP contribution in [0.1, 0.15) is 26.2 Å². The van der Waals surface area contributed by atoms with Crippen LogP contribution in [0.2, 0.25) is 0 Å². The molecule has 2 unspecified atom stereocenters. The Bertz CT molecular complexity index is 193. The maximum Gasteiger partial charge on any atom is 0.0617 e. The lowest BCUT2D eigenvalue weighted by atomic mass is 9.64. The van der Waals surface area contributed by atoms with Crippen LogP contribution < -0.4 is 5.73 Å². The predicted molar refractivity (Wildman–Crippen MR) is 56.9 cm³/mol. The molecule has 2 aliphatic rings. The molecule has 0 aromatic heterocycles. The molecule has 2 rings (SSSR count). The number of fused-ring (bicyclic) bond motifs is 2. The number of likely N-dealkylation sites (tertiary alicyclic amines) is 1. The van der Waals surface area contributed by atoms with E-state index >= 15 is 0 Å². The van der Waals surface area contributed by atoms with Gasteiger partial charge in [-0.3, -0.25) is 0 Å². The lowest BCUT2D eigenvalue weighted by molar-refractivity contribution is -0.0277. The van der Waals surface area contributed by atoms with Gasteiger partial charge >= 0.3 is 0 Å². The molecule has 1 aliphatic carbocycles. The minimum Gasteiger partial charge on any atom is -0.394 e. The fourth-order valence-corrected chi connectivity index (χ4v) is 3.22. The van der Waals surface area contributed by atoms with Crippen molar-refractivity contribution >= 4 is 0 Å².